The number of carbonyl (C=O) groups is 1. The molecule has 78 valence electrons. The molecule has 0 amide bonds. The predicted molar refractivity (Wildman–Crippen MR) is 55.2 cm³/mol. The predicted octanol–water partition coefficient (Wildman–Crippen LogP) is 1.77. The Bertz CT molecular complexity index is 400. The first kappa shape index (κ1) is 10.2. The van der Waals surface area contributed by atoms with Crippen molar-refractivity contribution in [3.63, 3.8) is 0 Å². The zero-order valence-electron chi connectivity index (χ0n) is 7.76. The van der Waals surface area contributed by atoms with E-state index in [0.717, 1.165) is 0 Å². The lowest BCUT2D eigenvalue weighted by atomic mass is 10.1. The number of benzene rings is 1. The highest BCUT2D eigenvalue weighted by atomic mass is 35.5. The molecule has 0 spiro atoms. The third-order valence-electron chi connectivity index (χ3n) is 2.20. The first-order chi connectivity index (χ1) is 7.18. The first-order valence-electron chi connectivity index (χ1n) is 4.50. The van der Waals surface area contributed by atoms with Crippen molar-refractivity contribution in [2.24, 2.45) is 0 Å². The molecule has 1 aromatic carbocycles. The molecule has 1 aromatic rings. The molecule has 1 aliphatic heterocycles. The zero-order valence-corrected chi connectivity index (χ0v) is 8.52. The van der Waals surface area contributed by atoms with E-state index in [2.05, 4.69) is 0 Å². The van der Waals surface area contributed by atoms with Crippen LogP contribution < -0.4 is 0 Å². The second-order valence-corrected chi connectivity index (χ2v) is 3.65. The Morgan fingerprint density at radius 2 is 2.00 bits per heavy atom. The number of cyclic esters (lactones) is 1. The number of ether oxygens (including phenoxy) is 1. The van der Waals surface area contributed by atoms with Gasteiger partial charge in [-0.3, -0.25) is 0 Å². The van der Waals surface area contributed by atoms with Gasteiger partial charge in [0, 0.05) is 0 Å². The Balaban J connectivity index is 2.17. The molecule has 0 bridgehead atoms. The van der Waals surface area contributed by atoms with Gasteiger partial charge in [0.25, 0.3) is 0 Å². The molecule has 0 radical (unpaired) electrons. The summed E-state index contributed by atoms with van der Waals surface area (Å²) in [4.78, 5) is 11.0. The molecule has 0 fully saturated rings. The third kappa shape index (κ3) is 2.03. The van der Waals surface area contributed by atoms with Crippen LogP contribution in [0.2, 0.25) is 0 Å². The number of aliphatic hydroxyl groups is 1. The highest BCUT2D eigenvalue weighted by Gasteiger charge is 2.30. The average molecular weight is 225 g/mol. The Hall–Kier alpha value is -1.32. The number of carbonyl (C=O) groups excluding carboxylic acids is 1. The van der Waals surface area contributed by atoms with Crippen LogP contribution in [0.4, 0.5) is 0 Å². The third-order valence-corrected chi connectivity index (χ3v) is 2.48. The van der Waals surface area contributed by atoms with Gasteiger partial charge in [0.05, 0.1) is 0 Å². The molecule has 3 nitrogen and oxygen atoms in total. The van der Waals surface area contributed by atoms with Crippen LogP contribution in [0.25, 0.3) is 0 Å². The van der Waals surface area contributed by atoms with Crippen LogP contribution in [-0.2, 0) is 9.53 Å². The molecule has 1 heterocycles. The van der Waals surface area contributed by atoms with Crippen LogP contribution in [0.5, 0.6) is 0 Å². The molecule has 2 rings (SSSR count). The summed E-state index contributed by atoms with van der Waals surface area (Å²) in [6, 6.07) is 8.98. The monoisotopic (exact) mass is 224 g/mol. The minimum Gasteiger partial charge on any atom is -0.451 e. The summed E-state index contributed by atoms with van der Waals surface area (Å²) in [5.41, 5.74) is 0.693. The second kappa shape index (κ2) is 4.04. The number of hydrogen-bond donors (Lipinski definition) is 1. The van der Waals surface area contributed by atoms with E-state index in [1.807, 2.05) is 6.07 Å². The van der Waals surface area contributed by atoms with Gasteiger partial charge in [0.15, 0.2) is 6.10 Å². The minimum absolute atomic E-state index is 0.0231. The molecule has 0 aromatic heterocycles. The maximum atomic E-state index is 11.0. The van der Waals surface area contributed by atoms with Gasteiger partial charge in [-0.15, -0.1) is 0 Å². The molecule has 1 N–H and O–H groups in total. The lowest BCUT2D eigenvalue weighted by molar-refractivity contribution is -0.143. The molecule has 0 aliphatic carbocycles. The van der Waals surface area contributed by atoms with Gasteiger partial charge in [-0.1, -0.05) is 41.9 Å². The maximum Gasteiger partial charge on any atom is 0.350 e. The second-order valence-electron chi connectivity index (χ2n) is 3.24. The summed E-state index contributed by atoms with van der Waals surface area (Å²) in [5.74, 6) is -0.586. The van der Waals surface area contributed by atoms with Crippen molar-refractivity contribution in [2.45, 2.75) is 12.2 Å². The number of rotatable bonds is 2. The Morgan fingerprint density at radius 1 is 1.33 bits per heavy atom. The van der Waals surface area contributed by atoms with Crippen LogP contribution in [0.1, 0.15) is 11.7 Å². The van der Waals surface area contributed by atoms with Gasteiger partial charge < -0.3 is 9.84 Å². The van der Waals surface area contributed by atoms with E-state index in [-0.39, 0.29) is 5.03 Å². The van der Waals surface area contributed by atoms with Gasteiger partial charge in [0.2, 0.25) is 0 Å². The Labute approximate surface area is 91.9 Å². The molecule has 15 heavy (non-hydrogen) atoms. The quantitative estimate of drug-likeness (QED) is 0.779. The van der Waals surface area contributed by atoms with E-state index in [4.69, 9.17) is 16.3 Å². The Morgan fingerprint density at radius 3 is 2.53 bits per heavy atom. The molecule has 0 saturated carbocycles. The summed E-state index contributed by atoms with van der Waals surface area (Å²) < 4.78 is 4.88. The first-order valence-corrected chi connectivity index (χ1v) is 4.87. The van der Waals surface area contributed by atoms with E-state index in [1.165, 1.54) is 6.08 Å². The lowest BCUT2D eigenvalue weighted by Gasteiger charge is -2.15. The van der Waals surface area contributed by atoms with E-state index >= 15 is 0 Å². The summed E-state index contributed by atoms with van der Waals surface area (Å²) in [6.07, 6.45) is -0.138. The smallest absolute Gasteiger partial charge is 0.350 e. The average Bonchev–Trinajstić information content (AvgIpc) is 2.59. The van der Waals surface area contributed by atoms with E-state index < -0.39 is 18.2 Å². The topological polar surface area (TPSA) is 46.5 Å². The largest absolute Gasteiger partial charge is 0.451 e. The van der Waals surface area contributed by atoms with Gasteiger partial charge in [-0.05, 0) is 11.6 Å². The van der Waals surface area contributed by atoms with Gasteiger partial charge in [-0.2, -0.15) is 0 Å². The van der Waals surface area contributed by atoms with Gasteiger partial charge in [0.1, 0.15) is 11.1 Å². The van der Waals surface area contributed by atoms with Crippen LogP contribution in [-0.4, -0.2) is 17.2 Å². The van der Waals surface area contributed by atoms with Gasteiger partial charge in [-0.25, -0.2) is 4.79 Å². The fourth-order valence-electron chi connectivity index (χ4n) is 1.42. The number of aliphatic hydroxyl groups excluding tert-OH is 1. The standard InChI is InChI=1S/C11H9ClO3/c12-8-6-9(15-11(8)14)10(13)7-4-2-1-3-5-7/h1-6,9-10,13H/t9-,10-/m1/s1. The highest BCUT2D eigenvalue weighted by molar-refractivity contribution is 6.41. The van der Waals surface area contributed by atoms with Crippen molar-refractivity contribution >= 4 is 17.6 Å². The molecular weight excluding hydrogens is 216 g/mol. The van der Waals surface area contributed by atoms with Crippen LogP contribution in [0.15, 0.2) is 41.4 Å². The fraction of sp³-hybridized carbons (Fsp3) is 0.182. The minimum atomic E-state index is -0.869. The molecule has 4 heteroatoms. The SMILES string of the molecule is O=C1O[C@@H]([C@H](O)c2ccccc2)C=C1Cl. The summed E-state index contributed by atoms with van der Waals surface area (Å²) in [7, 11) is 0. The summed E-state index contributed by atoms with van der Waals surface area (Å²) >= 11 is 5.56. The van der Waals surface area contributed by atoms with Crippen LogP contribution >= 0.6 is 11.6 Å². The van der Waals surface area contributed by atoms with E-state index in [0.29, 0.717) is 5.56 Å². The van der Waals surface area contributed by atoms with Crippen molar-refractivity contribution in [3.8, 4) is 0 Å². The molecule has 2 atom stereocenters. The van der Waals surface area contributed by atoms with E-state index in [9.17, 15) is 9.90 Å². The molecule has 0 unspecified atom stereocenters. The molecular formula is C11H9ClO3. The van der Waals surface area contributed by atoms with Crippen molar-refractivity contribution < 1.29 is 14.6 Å². The van der Waals surface area contributed by atoms with Crippen molar-refractivity contribution in [1.82, 2.24) is 0 Å². The highest BCUT2D eigenvalue weighted by Crippen LogP contribution is 2.27. The summed E-state index contributed by atoms with van der Waals surface area (Å²) in [6.45, 7) is 0. The van der Waals surface area contributed by atoms with Crippen molar-refractivity contribution in [1.29, 1.82) is 0 Å². The number of esters is 1. The molecule has 0 saturated heterocycles. The normalized spacial score (nSPS) is 22.1. The Kier molecular flexibility index (Phi) is 2.75. The van der Waals surface area contributed by atoms with Crippen LogP contribution in [0.3, 0.4) is 0 Å². The van der Waals surface area contributed by atoms with Crippen molar-refractivity contribution in [2.75, 3.05) is 0 Å². The number of halogens is 1. The van der Waals surface area contributed by atoms with E-state index in [1.54, 1.807) is 24.3 Å². The lowest BCUT2D eigenvalue weighted by Crippen LogP contribution is -2.18. The van der Waals surface area contributed by atoms with Crippen molar-refractivity contribution in [3.05, 3.63) is 47.0 Å². The summed E-state index contributed by atoms with van der Waals surface area (Å²) in [5, 5.41) is 9.90. The van der Waals surface area contributed by atoms with Gasteiger partial charge >= 0.3 is 5.97 Å². The van der Waals surface area contributed by atoms with Crippen LogP contribution in [0, 0.1) is 0 Å². The fourth-order valence-corrected chi connectivity index (χ4v) is 1.59. The number of hydrogen-bond acceptors (Lipinski definition) is 3. The zero-order chi connectivity index (χ0) is 10.8. The molecule has 1 aliphatic rings. The maximum absolute atomic E-state index is 11.0.